The van der Waals surface area contributed by atoms with Gasteiger partial charge in [-0.15, -0.1) is 11.3 Å². The zero-order valence-corrected chi connectivity index (χ0v) is 10.6. The minimum absolute atomic E-state index is 0.325. The molecular formula is C11H10O4S2. The van der Waals surface area contributed by atoms with Crippen molar-refractivity contribution in [2.75, 3.05) is 6.61 Å². The smallest absolute Gasteiger partial charge is 0.348 e. The summed E-state index contributed by atoms with van der Waals surface area (Å²) in [5, 5.41) is 0.776. The zero-order chi connectivity index (χ0) is 12.4. The van der Waals surface area contributed by atoms with Gasteiger partial charge in [-0.05, 0) is 36.6 Å². The van der Waals surface area contributed by atoms with Gasteiger partial charge in [0, 0.05) is 4.70 Å². The molecule has 1 unspecified atom stereocenters. The van der Waals surface area contributed by atoms with Crippen LogP contribution in [0.5, 0.6) is 0 Å². The lowest BCUT2D eigenvalue weighted by Gasteiger charge is -1.95. The molecule has 0 amide bonds. The van der Waals surface area contributed by atoms with Crippen LogP contribution >= 0.6 is 11.3 Å². The van der Waals surface area contributed by atoms with Crippen LogP contribution in [0.3, 0.4) is 0 Å². The van der Waals surface area contributed by atoms with Gasteiger partial charge in [0.1, 0.15) is 4.88 Å². The molecule has 0 aliphatic carbocycles. The summed E-state index contributed by atoms with van der Waals surface area (Å²) in [5.41, 5.74) is 0. The monoisotopic (exact) mass is 270 g/mol. The molecule has 4 nitrogen and oxygen atoms in total. The number of rotatable bonds is 3. The number of fused-ring (bicyclic) bond motifs is 1. The highest BCUT2D eigenvalue weighted by Crippen LogP contribution is 2.27. The predicted octanol–water partition coefficient (Wildman–Crippen LogP) is 2.66. The standard InChI is InChI=1S/C11H10O4S2/c1-2-15-11(12)10-6-7-5-8(17(13)14)3-4-9(7)16-10/h3-6H,2H2,1H3,(H,13,14). The van der Waals surface area contributed by atoms with Crippen LogP contribution in [0.15, 0.2) is 29.2 Å². The van der Waals surface area contributed by atoms with Crippen LogP contribution in [0.2, 0.25) is 0 Å². The molecule has 0 fully saturated rings. The first-order valence-electron chi connectivity index (χ1n) is 4.93. The number of hydrogen-bond acceptors (Lipinski definition) is 4. The molecule has 0 radical (unpaired) electrons. The van der Waals surface area contributed by atoms with Crippen molar-refractivity contribution in [3.05, 3.63) is 29.1 Å². The molecule has 0 saturated carbocycles. The molecule has 0 bridgehead atoms. The van der Waals surface area contributed by atoms with E-state index in [4.69, 9.17) is 9.29 Å². The largest absolute Gasteiger partial charge is 0.462 e. The Balaban J connectivity index is 2.43. The minimum Gasteiger partial charge on any atom is -0.462 e. The summed E-state index contributed by atoms with van der Waals surface area (Å²) in [6, 6.07) is 6.58. The first-order valence-corrected chi connectivity index (χ1v) is 6.85. The number of benzene rings is 1. The molecule has 1 atom stereocenters. The molecule has 0 saturated heterocycles. The number of thiophene rings is 1. The molecule has 0 aliphatic heterocycles. The van der Waals surface area contributed by atoms with Crippen LogP contribution in [0.25, 0.3) is 10.1 Å². The molecule has 1 aromatic carbocycles. The fourth-order valence-corrected chi connectivity index (χ4v) is 2.78. The first kappa shape index (κ1) is 12.2. The van der Waals surface area contributed by atoms with Gasteiger partial charge in [-0.1, -0.05) is 0 Å². The molecule has 6 heteroatoms. The Morgan fingerprint density at radius 1 is 1.47 bits per heavy atom. The van der Waals surface area contributed by atoms with Crippen molar-refractivity contribution in [1.29, 1.82) is 0 Å². The molecule has 2 aromatic rings. The van der Waals surface area contributed by atoms with Crippen molar-refractivity contribution in [1.82, 2.24) is 0 Å². The van der Waals surface area contributed by atoms with Gasteiger partial charge in [-0.3, -0.25) is 0 Å². The Kier molecular flexibility index (Phi) is 3.56. The van der Waals surface area contributed by atoms with Gasteiger partial charge >= 0.3 is 5.97 Å². The fourth-order valence-electron chi connectivity index (χ4n) is 1.43. The quantitative estimate of drug-likeness (QED) is 0.688. The zero-order valence-electron chi connectivity index (χ0n) is 9.00. The lowest BCUT2D eigenvalue weighted by molar-refractivity contribution is 0.0532. The van der Waals surface area contributed by atoms with Crippen LogP contribution in [-0.2, 0) is 15.8 Å². The van der Waals surface area contributed by atoms with E-state index < -0.39 is 11.1 Å². The average molecular weight is 270 g/mol. The normalized spacial score (nSPS) is 12.6. The Hall–Kier alpha value is -1.24. The van der Waals surface area contributed by atoms with E-state index in [1.165, 1.54) is 11.3 Å². The fraction of sp³-hybridized carbons (Fsp3) is 0.182. The summed E-state index contributed by atoms with van der Waals surface area (Å²) in [5.74, 6) is -0.361. The van der Waals surface area contributed by atoms with Gasteiger partial charge in [-0.25, -0.2) is 9.00 Å². The van der Waals surface area contributed by atoms with Gasteiger partial charge in [0.15, 0.2) is 11.1 Å². The second kappa shape index (κ2) is 4.95. The third kappa shape index (κ3) is 2.54. The second-order valence-electron chi connectivity index (χ2n) is 3.28. The molecule has 1 aromatic heterocycles. The molecule has 2 rings (SSSR count). The molecule has 1 heterocycles. The third-order valence-corrected chi connectivity index (χ3v) is 3.92. The predicted molar refractivity (Wildman–Crippen MR) is 66.8 cm³/mol. The average Bonchev–Trinajstić information content (AvgIpc) is 2.71. The number of carbonyl (C=O) groups excluding carboxylic acids is 1. The maximum absolute atomic E-state index is 11.5. The summed E-state index contributed by atoms with van der Waals surface area (Å²) < 4.78 is 25.7. The lowest BCUT2D eigenvalue weighted by atomic mass is 10.2. The van der Waals surface area contributed by atoms with Crippen LogP contribution < -0.4 is 0 Å². The lowest BCUT2D eigenvalue weighted by Crippen LogP contribution is -2.01. The van der Waals surface area contributed by atoms with Gasteiger partial charge in [-0.2, -0.15) is 0 Å². The Morgan fingerprint density at radius 3 is 2.88 bits per heavy atom. The molecule has 90 valence electrons. The van der Waals surface area contributed by atoms with Crippen LogP contribution in [-0.4, -0.2) is 21.3 Å². The highest BCUT2D eigenvalue weighted by atomic mass is 32.2. The number of carbonyl (C=O) groups is 1. The van der Waals surface area contributed by atoms with Crippen molar-refractivity contribution in [3.8, 4) is 0 Å². The topological polar surface area (TPSA) is 63.6 Å². The number of hydrogen-bond donors (Lipinski definition) is 1. The van der Waals surface area contributed by atoms with E-state index >= 15 is 0 Å². The number of ether oxygens (including phenoxy) is 1. The Labute approximate surface area is 105 Å². The Morgan fingerprint density at radius 2 is 2.24 bits per heavy atom. The first-order chi connectivity index (χ1) is 8.11. The van der Waals surface area contributed by atoms with Crippen molar-refractivity contribution < 1.29 is 18.3 Å². The third-order valence-electron chi connectivity index (χ3n) is 2.17. The highest BCUT2D eigenvalue weighted by Gasteiger charge is 2.12. The van der Waals surface area contributed by atoms with Crippen molar-refractivity contribution in [2.45, 2.75) is 11.8 Å². The van der Waals surface area contributed by atoms with Crippen LogP contribution in [0.4, 0.5) is 0 Å². The maximum atomic E-state index is 11.5. The van der Waals surface area contributed by atoms with E-state index in [0.717, 1.165) is 10.1 Å². The van der Waals surface area contributed by atoms with Gasteiger partial charge in [0.2, 0.25) is 0 Å². The number of esters is 1. The van der Waals surface area contributed by atoms with Crippen molar-refractivity contribution in [3.63, 3.8) is 0 Å². The van der Waals surface area contributed by atoms with E-state index in [1.54, 1.807) is 31.2 Å². The molecule has 1 N–H and O–H groups in total. The molecule has 0 spiro atoms. The van der Waals surface area contributed by atoms with Crippen LogP contribution in [0.1, 0.15) is 16.6 Å². The molecule has 0 aliphatic rings. The summed E-state index contributed by atoms with van der Waals surface area (Å²) in [4.78, 5) is 12.3. The molecular weight excluding hydrogens is 260 g/mol. The van der Waals surface area contributed by atoms with E-state index in [9.17, 15) is 9.00 Å². The maximum Gasteiger partial charge on any atom is 0.348 e. The molecule has 17 heavy (non-hydrogen) atoms. The summed E-state index contributed by atoms with van der Waals surface area (Å²) in [6.45, 7) is 2.08. The van der Waals surface area contributed by atoms with Crippen molar-refractivity contribution >= 4 is 38.5 Å². The van der Waals surface area contributed by atoms with Gasteiger partial charge in [0.25, 0.3) is 0 Å². The van der Waals surface area contributed by atoms with E-state index in [0.29, 0.717) is 16.4 Å². The minimum atomic E-state index is -2.00. The second-order valence-corrected chi connectivity index (χ2v) is 5.33. The van der Waals surface area contributed by atoms with E-state index in [2.05, 4.69) is 0 Å². The summed E-state index contributed by atoms with van der Waals surface area (Å²) in [7, 11) is 0. The highest BCUT2D eigenvalue weighted by molar-refractivity contribution is 7.79. The summed E-state index contributed by atoms with van der Waals surface area (Å²) in [6.07, 6.45) is 0. The summed E-state index contributed by atoms with van der Waals surface area (Å²) >= 11 is -0.691. The van der Waals surface area contributed by atoms with Crippen molar-refractivity contribution in [2.24, 2.45) is 0 Å². The van der Waals surface area contributed by atoms with Gasteiger partial charge in [0.05, 0.1) is 11.5 Å². The van der Waals surface area contributed by atoms with Gasteiger partial charge < -0.3 is 9.29 Å². The van der Waals surface area contributed by atoms with E-state index in [-0.39, 0.29) is 5.97 Å². The van der Waals surface area contributed by atoms with Crippen LogP contribution in [0, 0.1) is 0 Å². The SMILES string of the molecule is CCOC(=O)c1cc2cc(S(=O)O)ccc2s1. The van der Waals surface area contributed by atoms with E-state index in [1.807, 2.05) is 0 Å². The Bertz CT molecular complexity index is 588.